The van der Waals surface area contributed by atoms with Gasteiger partial charge in [0.15, 0.2) is 11.0 Å². The second-order valence-corrected chi connectivity index (χ2v) is 5.36. The first-order valence-corrected chi connectivity index (χ1v) is 5.66. The first-order chi connectivity index (χ1) is 6.95. The summed E-state index contributed by atoms with van der Waals surface area (Å²) < 4.78 is 14.4. The molecule has 0 amide bonds. The fraction of sp³-hybridized carbons (Fsp3) is 0.364. The van der Waals surface area contributed by atoms with Crippen molar-refractivity contribution in [3.63, 3.8) is 0 Å². The quantitative estimate of drug-likeness (QED) is 0.570. The van der Waals surface area contributed by atoms with Gasteiger partial charge in [-0.3, -0.25) is 0 Å². The van der Waals surface area contributed by atoms with Crippen molar-refractivity contribution >= 4 is 17.1 Å². The fourth-order valence-electron chi connectivity index (χ4n) is 1.16. The van der Waals surface area contributed by atoms with Crippen molar-refractivity contribution in [2.75, 3.05) is 0 Å². The molecule has 80 valence electrons. The second kappa shape index (κ2) is 4.51. The van der Waals surface area contributed by atoms with Crippen molar-refractivity contribution in [2.45, 2.75) is 31.1 Å². The lowest BCUT2D eigenvalue weighted by molar-refractivity contribution is 0.566. The van der Waals surface area contributed by atoms with Crippen molar-refractivity contribution in [3.8, 4) is 0 Å². The molecule has 0 spiro atoms. The Kier molecular flexibility index (Phi) is 3.56. The summed E-state index contributed by atoms with van der Waals surface area (Å²) in [7, 11) is -1.62. The van der Waals surface area contributed by atoms with Gasteiger partial charge in [-0.15, -0.1) is 0 Å². The molecule has 15 heavy (non-hydrogen) atoms. The molecule has 0 saturated heterocycles. The Morgan fingerprint density at radius 1 is 1.20 bits per heavy atom. The third-order valence-corrected chi connectivity index (χ3v) is 2.96. The molecular weight excluding hydrogens is 210 g/mol. The molecule has 4 heteroatoms. The number of benzene rings is 1. The molecule has 0 saturated carbocycles. The van der Waals surface area contributed by atoms with Crippen LogP contribution in [0.4, 0.5) is 0 Å². The summed E-state index contributed by atoms with van der Waals surface area (Å²) in [5.41, 5.74) is 1.21. The summed E-state index contributed by atoms with van der Waals surface area (Å²) in [5.74, 6) is 0. The van der Waals surface area contributed by atoms with Crippen LogP contribution in [0.1, 0.15) is 26.3 Å². The highest BCUT2D eigenvalue weighted by molar-refractivity contribution is 7.83. The number of isocyanates is 1. The number of hydrogen-bond donors (Lipinski definition) is 0. The Morgan fingerprint density at radius 2 is 1.73 bits per heavy atom. The van der Waals surface area contributed by atoms with Gasteiger partial charge in [0.05, 0.1) is 4.90 Å². The zero-order valence-corrected chi connectivity index (χ0v) is 9.80. The molecule has 0 radical (unpaired) electrons. The first kappa shape index (κ1) is 11.8. The van der Waals surface area contributed by atoms with Gasteiger partial charge in [0.1, 0.15) is 0 Å². The molecule has 1 unspecified atom stereocenters. The third-order valence-electron chi connectivity index (χ3n) is 2.04. The molecular formula is C11H13NO2S. The van der Waals surface area contributed by atoms with Gasteiger partial charge in [0.2, 0.25) is 6.08 Å². The molecule has 1 aromatic carbocycles. The minimum absolute atomic E-state index is 0.0634. The lowest BCUT2D eigenvalue weighted by atomic mass is 9.87. The minimum atomic E-state index is -1.62. The summed E-state index contributed by atoms with van der Waals surface area (Å²) in [5, 5.41) is 0. The van der Waals surface area contributed by atoms with E-state index >= 15 is 0 Å². The van der Waals surface area contributed by atoms with Crippen LogP contribution in [0.2, 0.25) is 0 Å². The van der Waals surface area contributed by atoms with Crippen molar-refractivity contribution < 1.29 is 9.00 Å². The molecule has 1 aromatic rings. The number of carbonyl (C=O) groups excluding carboxylic acids is 1. The van der Waals surface area contributed by atoms with E-state index in [0.29, 0.717) is 4.90 Å². The molecule has 1 rings (SSSR count). The molecule has 0 heterocycles. The van der Waals surface area contributed by atoms with Crippen molar-refractivity contribution in [1.29, 1.82) is 0 Å². The van der Waals surface area contributed by atoms with Crippen LogP contribution in [-0.4, -0.2) is 10.3 Å². The van der Waals surface area contributed by atoms with Gasteiger partial charge in [0, 0.05) is 0 Å². The summed E-state index contributed by atoms with van der Waals surface area (Å²) in [6.45, 7) is 6.30. The molecule has 0 fully saturated rings. The predicted molar refractivity (Wildman–Crippen MR) is 59.7 cm³/mol. The maximum Gasteiger partial charge on any atom is 0.250 e. The van der Waals surface area contributed by atoms with Crippen LogP contribution in [0.3, 0.4) is 0 Å². The third kappa shape index (κ3) is 3.11. The Hall–Kier alpha value is -1.25. The lowest BCUT2D eigenvalue weighted by Crippen LogP contribution is -2.10. The van der Waals surface area contributed by atoms with E-state index in [1.54, 1.807) is 12.1 Å². The van der Waals surface area contributed by atoms with Crippen LogP contribution < -0.4 is 0 Å². The van der Waals surface area contributed by atoms with Crippen LogP contribution in [0.25, 0.3) is 0 Å². The standard InChI is InChI=1S/C11H13NO2S/c1-11(2,3)9-4-6-10(7-5-9)15(14)12-8-13/h4-7H,1-3H3. The Morgan fingerprint density at radius 3 is 2.13 bits per heavy atom. The largest absolute Gasteiger partial charge is 0.250 e. The van der Waals surface area contributed by atoms with Gasteiger partial charge in [-0.25, -0.2) is 9.00 Å². The smallest absolute Gasteiger partial charge is 0.229 e. The molecule has 0 aliphatic carbocycles. The number of hydrogen-bond acceptors (Lipinski definition) is 2. The summed E-state index contributed by atoms with van der Waals surface area (Å²) >= 11 is 0. The number of rotatable bonds is 2. The minimum Gasteiger partial charge on any atom is -0.229 e. The highest BCUT2D eigenvalue weighted by atomic mass is 32.2. The van der Waals surface area contributed by atoms with Crippen LogP contribution in [0, 0.1) is 0 Å². The molecule has 0 bridgehead atoms. The average molecular weight is 223 g/mol. The van der Waals surface area contributed by atoms with Crippen molar-refractivity contribution in [2.24, 2.45) is 4.40 Å². The molecule has 0 aromatic heterocycles. The van der Waals surface area contributed by atoms with Gasteiger partial charge < -0.3 is 0 Å². The van der Waals surface area contributed by atoms with Crippen LogP contribution in [0.5, 0.6) is 0 Å². The zero-order valence-electron chi connectivity index (χ0n) is 8.98. The zero-order chi connectivity index (χ0) is 11.5. The van der Waals surface area contributed by atoms with E-state index in [1.165, 1.54) is 6.08 Å². The lowest BCUT2D eigenvalue weighted by Gasteiger charge is -2.18. The first-order valence-electron chi connectivity index (χ1n) is 4.55. The van der Waals surface area contributed by atoms with Crippen LogP contribution in [-0.2, 0) is 21.2 Å². The fourth-order valence-corrected chi connectivity index (χ4v) is 1.70. The van der Waals surface area contributed by atoms with E-state index in [-0.39, 0.29) is 5.41 Å². The molecule has 1 atom stereocenters. The van der Waals surface area contributed by atoms with Gasteiger partial charge in [0.25, 0.3) is 0 Å². The summed E-state index contributed by atoms with van der Waals surface area (Å²) in [6, 6.07) is 7.23. The maximum absolute atomic E-state index is 11.3. The Bertz CT molecular complexity index is 411. The van der Waals surface area contributed by atoms with Crippen LogP contribution in [0.15, 0.2) is 33.6 Å². The van der Waals surface area contributed by atoms with E-state index in [9.17, 15) is 9.00 Å². The molecule has 3 nitrogen and oxygen atoms in total. The Labute approximate surface area is 91.8 Å². The Balaban J connectivity index is 3.00. The number of nitrogens with zero attached hydrogens (tertiary/aromatic N) is 1. The van der Waals surface area contributed by atoms with Gasteiger partial charge in [-0.05, 0) is 23.1 Å². The topological polar surface area (TPSA) is 46.5 Å². The highest BCUT2D eigenvalue weighted by Gasteiger charge is 2.13. The van der Waals surface area contributed by atoms with Crippen LogP contribution >= 0.6 is 0 Å². The molecule has 0 N–H and O–H groups in total. The van der Waals surface area contributed by atoms with E-state index < -0.39 is 11.0 Å². The normalized spacial score (nSPS) is 13.0. The van der Waals surface area contributed by atoms with Crippen molar-refractivity contribution in [1.82, 2.24) is 0 Å². The van der Waals surface area contributed by atoms with Crippen molar-refractivity contribution in [3.05, 3.63) is 29.8 Å². The van der Waals surface area contributed by atoms with Gasteiger partial charge in [-0.2, -0.15) is 0 Å². The van der Waals surface area contributed by atoms with E-state index in [1.807, 2.05) is 12.1 Å². The predicted octanol–water partition coefficient (Wildman–Crippen LogP) is 2.34. The maximum atomic E-state index is 11.3. The average Bonchev–Trinajstić information content (AvgIpc) is 2.17. The monoisotopic (exact) mass is 223 g/mol. The summed E-state index contributed by atoms with van der Waals surface area (Å²) in [6.07, 6.45) is 1.29. The second-order valence-electron chi connectivity index (χ2n) is 4.21. The highest BCUT2D eigenvalue weighted by Crippen LogP contribution is 2.22. The molecule has 0 aliphatic heterocycles. The van der Waals surface area contributed by atoms with E-state index in [2.05, 4.69) is 25.2 Å². The van der Waals surface area contributed by atoms with E-state index in [0.717, 1.165) is 5.56 Å². The SMILES string of the molecule is CC(C)(C)c1ccc(S(=O)N=C=O)cc1. The summed E-state index contributed by atoms with van der Waals surface area (Å²) in [4.78, 5) is 10.4. The van der Waals surface area contributed by atoms with Gasteiger partial charge >= 0.3 is 0 Å². The van der Waals surface area contributed by atoms with E-state index in [4.69, 9.17) is 0 Å². The molecule has 0 aliphatic rings. The van der Waals surface area contributed by atoms with Gasteiger partial charge in [-0.1, -0.05) is 37.3 Å².